The van der Waals surface area contributed by atoms with Gasteiger partial charge in [-0.25, -0.2) is 4.39 Å². The SMILES string of the molecule is CCOC(=O)C1CC1(F)c1ccc(Br)c(I)c1. The Morgan fingerprint density at radius 2 is 2.41 bits per heavy atom. The zero-order valence-electron chi connectivity index (χ0n) is 9.17. The molecular formula is C12H11BrFIO2. The van der Waals surface area contributed by atoms with E-state index in [-0.39, 0.29) is 6.42 Å². The van der Waals surface area contributed by atoms with E-state index in [1.807, 2.05) is 0 Å². The fourth-order valence-electron chi connectivity index (χ4n) is 1.82. The summed E-state index contributed by atoms with van der Waals surface area (Å²) in [4.78, 5) is 11.5. The molecule has 17 heavy (non-hydrogen) atoms. The van der Waals surface area contributed by atoms with E-state index < -0.39 is 17.6 Å². The summed E-state index contributed by atoms with van der Waals surface area (Å²) in [5.41, 5.74) is -0.976. The van der Waals surface area contributed by atoms with Gasteiger partial charge in [0.1, 0.15) is 5.67 Å². The average Bonchev–Trinajstić information content (AvgIpc) is 2.97. The van der Waals surface area contributed by atoms with E-state index in [0.717, 1.165) is 8.04 Å². The molecule has 0 aliphatic heterocycles. The predicted octanol–water partition coefficient (Wildman–Crippen LogP) is 3.80. The van der Waals surface area contributed by atoms with E-state index in [9.17, 15) is 9.18 Å². The number of alkyl halides is 1. The lowest BCUT2D eigenvalue weighted by Gasteiger charge is -2.09. The molecule has 1 fully saturated rings. The van der Waals surface area contributed by atoms with Crippen molar-refractivity contribution in [1.82, 2.24) is 0 Å². The van der Waals surface area contributed by atoms with Crippen LogP contribution in [0.5, 0.6) is 0 Å². The zero-order valence-corrected chi connectivity index (χ0v) is 12.9. The quantitative estimate of drug-likeness (QED) is 0.557. The summed E-state index contributed by atoms with van der Waals surface area (Å²) in [7, 11) is 0. The van der Waals surface area contributed by atoms with Crippen molar-refractivity contribution >= 4 is 44.5 Å². The topological polar surface area (TPSA) is 26.3 Å². The van der Waals surface area contributed by atoms with E-state index in [1.54, 1.807) is 25.1 Å². The van der Waals surface area contributed by atoms with E-state index in [0.29, 0.717) is 12.2 Å². The van der Waals surface area contributed by atoms with Gasteiger partial charge >= 0.3 is 5.97 Å². The second-order valence-corrected chi connectivity index (χ2v) is 6.02. The van der Waals surface area contributed by atoms with Crippen LogP contribution in [0.2, 0.25) is 0 Å². The normalized spacial score (nSPS) is 26.7. The largest absolute Gasteiger partial charge is 0.466 e. The highest BCUT2D eigenvalue weighted by Crippen LogP contribution is 2.56. The van der Waals surface area contributed by atoms with Gasteiger partial charge in [0, 0.05) is 14.5 Å². The molecule has 92 valence electrons. The lowest BCUT2D eigenvalue weighted by atomic mass is 10.1. The molecule has 2 atom stereocenters. The minimum atomic E-state index is -1.53. The fraction of sp³-hybridized carbons (Fsp3) is 0.417. The summed E-state index contributed by atoms with van der Waals surface area (Å²) in [5.74, 6) is -1.08. The molecule has 5 heteroatoms. The maximum atomic E-state index is 14.5. The van der Waals surface area contributed by atoms with Crippen LogP contribution < -0.4 is 0 Å². The number of esters is 1. The van der Waals surface area contributed by atoms with Crippen molar-refractivity contribution in [2.45, 2.75) is 19.0 Å². The average molecular weight is 413 g/mol. The first kappa shape index (κ1) is 13.3. The van der Waals surface area contributed by atoms with E-state index >= 15 is 0 Å². The first-order valence-corrected chi connectivity index (χ1v) is 7.17. The molecule has 0 saturated heterocycles. The molecule has 0 aromatic heterocycles. The first-order chi connectivity index (χ1) is 7.99. The van der Waals surface area contributed by atoms with Gasteiger partial charge in [-0.3, -0.25) is 4.79 Å². The Labute approximate surface area is 121 Å². The zero-order chi connectivity index (χ0) is 12.6. The third kappa shape index (κ3) is 2.50. The third-order valence-electron chi connectivity index (χ3n) is 2.86. The molecule has 1 saturated carbocycles. The van der Waals surface area contributed by atoms with E-state index in [1.165, 1.54) is 0 Å². The first-order valence-electron chi connectivity index (χ1n) is 5.30. The second kappa shape index (κ2) is 4.84. The van der Waals surface area contributed by atoms with Crippen LogP contribution in [0.1, 0.15) is 18.9 Å². The van der Waals surface area contributed by atoms with Crippen LogP contribution in [0, 0.1) is 9.49 Å². The number of benzene rings is 1. The minimum absolute atomic E-state index is 0.226. The standard InChI is InChI=1S/C12H11BrFIO2/c1-2-17-11(16)8-6-12(8,14)7-3-4-9(13)10(15)5-7/h3-5,8H,2,6H2,1H3. The van der Waals surface area contributed by atoms with Crippen molar-refractivity contribution in [1.29, 1.82) is 0 Å². The molecule has 0 N–H and O–H groups in total. The summed E-state index contributed by atoms with van der Waals surface area (Å²) in [6.45, 7) is 2.02. The maximum Gasteiger partial charge on any atom is 0.312 e. The van der Waals surface area contributed by atoms with Gasteiger partial charge in [0.2, 0.25) is 0 Å². The van der Waals surface area contributed by atoms with Gasteiger partial charge in [0.05, 0.1) is 12.5 Å². The van der Waals surface area contributed by atoms with Gasteiger partial charge in [-0.05, 0) is 63.1 Å². The Hall–Kier alpha value is -0.170. The molecule has 1 aliphatic carbocycles. The summed E-state index contributed by atoms with van der Waals surface area (Å²) in [5, 5.41) is 0. The number of ether oxygens (including phenoxy) is 1. The van der Waals surface area contributed by atoms with Crippen LogP contribution in [-0.2, 0) is 15.2 Å². The van der Waals surface area contributed by atoms with Crippen molar-refractivity contribution in [3.05, 3.63) is 31.8 Å². The lowest BCUT2D eigenvalue weighted by molar-refractivity contribution is -0.145. The van der Waals surface area contributed by atoms with Crippen LogP contribution >= 0.6 is 38.5 Å². The van der Waals surface area contributed by atoms with Gasteiger partial charge in [-0.2, -0.15) is 0 Å². The monoisotopic (exact) mass is 412 g/mol. The van der Waals surface area contributed by atoms with Crippen LogP contribution in [0.3, 0.4) is 0 Å². The van der Waals surface area contributed by atoms with E-state index in [2.05, 4.69) is 38.5 Å². The summed E-state index contributed by atoms with van der Waals surface area (Å²) in [6.07, 6.45) is 0.226. The Balaban J connectivity index is 2.19. The van der Waals surface area contributed by atoms with Crippen molar-refractivity contribution in [3.63, 3.8) is 0 Å². The summed E-state index contributed by atoms with van der Waals surface area (Å²) in [6, 6.07) is 5.29. The Kier molecular flexibility index (Phi) is 3.77. The molecule has 1 aromatic carbocycles. The number of carbonyl (C=O) groups is 1. The van der Waals surface area contributed by atoms with Crippen molar-refractivity contribution < 1.29 is 13.9 Å². The highest BCUT2D eigenvalue weighted by atomic mass is 127. The molecular weight excluding hydrogens is 402 g/mol. The van der Waals surface area contributed by atoms with Crippen molar-refractivity contribution in [2.75, 3.05) is 6.61 Å². The number of rotatable bonds is 3. The smallest absolute Gasteiger partial charge is 0.312 e. The predicted molar refractivity (Wildman–Crippen MR) is 74.4 cm³/mol. The minimum Gasteiger partial charge on any atom is -0.466 e. The van der Waals surface area contributed by atoms with Crippen LogP contribution in [0.15, 0.2) is 22.7 Å². The van der Waals surface area contributed by atoms with Gasteiger partial charge in [-0.1, -0.05) is 6.07 Å². The van der Waals surface area contributed by atoms with Gasteiger partial charge < -0.3 is 4.74 Å². The number of halogens is 3. The summed E-state index contributed by atoms with van der Waals surface area (Å²) >= 11 is 5.49. The van der Waals surface area contributed by atoms with Crippen LogP contribution in [0.4, 0.5) is 4.39 Å². The van der Waals surface area contributed by atoms with E-state index in [4.69, 9.17) is 4.74 Å². The molecule has 1 aliphatic rings. The second-order valence-electron chi connectivity index (χ2n) is 4.00. The highest BCUT2D eigenvalue weighted by Gasteiger charge is 2.61. The van der Waals surface area contributed by atoms with Gasteiger partial charge in [-0.15, -0.1) is 0 Å². The molecule has 1 aromatic rings. The summed E-state index contributed by atoms with van der Waals surface area (Å²) < 4.78 is 21.2. The van der Waals surface area contributed by atoms with Crippen molar-refractivity contribution in [2.24, 2.45) is 5.92 Å². The number of hydrogen-bond acceptors (Lipinski definition) is 2. The Bertz CT molecular complexity index is 466. The Morgan fingerprint density at radius 1 is 1.71 bits per heavy atom. The molecule has 0 heterocycles. The number of hydrogen-bond donors (Lipinski definition) is 0. The molecule has 2 nitrogen and oxygen atoms in total. The van der Waals surface area contributed by atoms with Gasteiger partial charge in [0.25, 0.3) is 0 Å². The molecule has 2 unspecified atom stereocenters. The molecule has 0 spiro atoms. The van der Waals surface area contributed by atoms with Crippen LogP contribution in [-0.4, -0.2) is 12.6 Å². The number of carbonyl (C=O) groups excluding carboxylic acids is 1. The van der Waals surface area contributed by atoms with Crippen molar-refractivity contribution in [3.8, 4) is 0 Å². The third-order valence-corrected chi connectivity index (χ3v) is 5.19. The molecule has 0 amide bonds. The molecule has 0 bridgehead atoms. The molecule has 0 radical (unpaired) electrons. The molecule has 2 rings (SSSR count). The fourth-order valence-corrected chi connectivity index (χ4v) is 2.59. The lowest BCUT2D eigenvalue weighted by Crippen LogP contribution is -2.13. The maximum absolute atomic E-state index is 14.5. The Morgan fingerprint density at radius 3 is 3.00 bits per heavy atom. The highest BCUT2D eigenvalue weighted by molar-refractivity contribution is 14.1. The van der Waals surface area contributed by atoms with Gasteiger partial charge in [0.15, 0.2) is 0 Å². The van der Waals surface area contributed by atoms with Crippen LogP contribution in [0.25, 0.3) is 0 Å².